The summed E-state index contributed by atoms with van der Waals surface area (Å²) in [5.74, 6) is -0.953. The molecule has 0 saturated heterocycles. The Morgan fingerprint density at radius 3 is 2.58 bits per heavy atom. The summed E-state index contributed by atoms with van der Waals surface area (Å²) in [6.45, 7) is 2.89. The molecule has 0 fully saturated rings. The molecule has 0 heterocycles. The van der Waals surface area contributed by atoms with Gasteiger partial charge in [-0.25, -0.2) is 0 Å². The molecule has 104 valence electrons. The molecule has 0 radical (unpaired) electrons. The monoisotopic (exact) mass is 285 g/mol. The van der Waals surface area contributed by atoms with Gasteiger partial charge in [0.1, 0.15) is 5.75 Å². The average molecular weight is 286 g/mol. The number of benzene rings is 1. The third kappa shape index (κ3) is 4.79. The summed E-state index contributed by atoms with van der Waals surface area (Å²) in [5, 5.41) is 11.8. The summed E-state index contributed by atoms with van der Waals surface area (Å²) < 4.78 is 5.23. The maximum atomic E-state index is 11.5. The number of carbonyl (C=O) groups is 2. The lowest BCUT2D eigenvalue weighted by molar-refractivity contribution is -0.146. The smallest absolute Gasteiger partial charge is 0.310 e. The number of aliphatic carboxylic acids is 1. The topological polar surface area (TPSA) is 75.6 Å². The molecule has 0 unspecified atom stereocenters. The van der Waals surface area contributed by atoms with Crippen LogP contribution >= 0.6 is 11.6 Å². The lowest BCUT2D eigenvalue weighted by Gasteiger charge is -2.19. The van der Waals surface area contributed by atoms with Gasteiger partial charge in [0.15, 0.2) is 6.61 Å². The van der Waals surface area contributed by atoms with Gasteiger partial charge >= 0.3 is 5.97 Å². The van der Waals surface area contributed by atoms with Crippen LogP contribution in [0.15, 0.2) is 24.3 Å². The van der Waals surface area contributed by atoms with Gasteiger partial charge in [0.05, 0.1) is 10.4 Å². The second-order valence-electron chi connectivity index (χ2n) is 4.68. The first-order chi connectivity index (χ1) is 8.83. The summed E-state index contributed by atoms with van der Waals surface area (Å²) in [4.78, 5) is 22.4. The van der Waals surface area contributed by atoms with Gasteiger partial charge in [-0.15, -0.1) is 0 Å². The van der Waals surface area contributed by atoms with Crippen molar-refractivity contribution in [2.75, 3.05) is 13.2 Å². The maximum Gasteiger partial charge on any atom is 0.310 e. The molecule has 0 saturated carbocycles. The molecule has 2 N–H and O–H groups in total. The van der Waals surface area contributed by atoms with E-state index in [9.17, 15) is 9.59 Å². The van der Waals surface area contributed by atoms with Crippen LogP contribution in [0, 0.1) is 5.41 Å². The van der Waals surface area contributed by atoms with Gasteiger partial charge in [0.2, 0.25) is 0 Å². The quantitative estimate of drug-likeness (QED) is 0.837. The Morgan fingerprint density at radius 1 is 1.37 bits per heavy atom. The fourth-order valence-corrected chi connectivity index (χ4v) is 1.34. The van der Waals surface area contributed by atoms with E-state index in [0.29, 0.717) is 10.8 Å². The van der Waals surface area contributed by atoms with Crippen LogP contribution in [0.1, 0.15) is 13.8 Å². The molecule has 0 spiro atoms. The van der Waals surface area contributed by atoms with Gasteiger partial charge in [-0.3, -0.25) is 9.59 Å². The van der Waals surface area contributed by atoms with Crippen molar-refractivity contribution < 1.29 is 19.4 Å². The van der Waals surface area contributed by atoms with Crippen molar-refractivity contribution in [2.24, 2.45) is 5.41 Å². The Morgan fingerprint density at radius 2 is 2.00 bits per heavy atom. The van der Waals surface area contributed by atoms with Crippen LogP contribution in [0.25, 0.3) is 0 Å². The summed E-state index contributed by atoms with van der Waals surface area (Å²) in [5.41, 5.74) is -1.01. The van der Waals surface area contributed by atoms with Gasteiger partial charge in [-0.05, 0) is 26.0 Å². The zero-order valence-electron chi connectivity index (χ0n) is 10.8. The fraction of sp³-hybridized carbons (Fsp3) is 0.385. The molecule has 0 atom stereocenters. The molecule has 0 bridgehead atoms. The zero-order valence-corrected chi connectivity index (χ0v) is 11.5. The van der Waals surface area contributed by atoms with Crippen molar-refractivity contribution in [1.82, 2.24) is 5.32 Å². The van der Waals surface area contributed by atoms with E-state index in [1.165, 1.54) is 13.8 Å². The van der Waals surface area contributed by atoms with E-state index in [1.807, 2.05) is 0 Å². The number of rotatable bonds is 6. The molecule has 0 aromatic heterocycles. The highest BCUT2D eigenvalue weighted by molar-refractivity contribution is 6.32. The second-order valence-corrected chi connectivity index (χ2v) is 5.09. The number of carbonyl (C=O) groups excluding carboxylic acids is 1. The standard InChI is InChI=1S/C13H16ClNO4/c1-13(2,12(17)18)8-15-11(16)7-19-10-6-4-3-5-9(10)14/h3-6H,7-8H2,1-2H3,(H,15,16)(H,17,18). The van der Waals surface area contributed by atoms with E-state index in [-0.39, 0.29) is 13.2 Å². The molecule has 0 aliphatic heterocycles. The molecule has 1 amide bonds. The molecule has 1 aromatic carbocycles. The van der Waals surface area contributed by atoms with Gasteiger partial charge < -0.3 is 15.2 Å². The number of hydrogen-bond acceptors (Lipinski definition) is 3. The minimum Gasteiger partial charge on any atom is -0.482 e. The summed E-state index contributed by atoms with van der Waals surface area (Å²) in [6, 6.07) is 6.80. The first-order valence-electron chi connectivity index (χ1n) is 5.70. The summed E-state index contributed by atoms with van der Waals surface area (Å²) in [6.07, 6.45) is 0. The molecule has 0 aliphatic rings. The molecule has 0 aliphatic carbocycles. The zero-order chi connectivity index (χ0) is 14.5. The predicted octanol–water partition coefficient (Wildman–Crippen LogP) is 1.95. The van der Waals surface area contributed by atoms with Gasteiger partial charge in [-0.2, -0.15) is 0 Å². The van der Waals surface area contributed by atoms with Crippen molar-refractivity contribution in [3.63, 3.8) is 0 Å². The lowest BCUT2D eigenvalue weighted by atomic mass is 9.94. The van der Waals surface area contributed by atoms with Crippen LogP contribution in [0.3, 0.4) is 0 Å². The first kappa shape index (κ1) is 15.3. The van der Waals surface area contributed by atoms with Crippen LogP contribution in [0.5, 0.6) is 5.75 Å². The summed E-state index contributed by atoms with van der Waals surface area (Å²) in [7, 11) is 0. The van der Waals surface area contributed by atoms with Crippen molar-refractivity contribution in [1.29, 1.82) is 0 Å². The molecular weight excluding hydrogens is 270 g/mol. The third-order valence-electron chi connectivity index (χ3n) is 2.50. The number of carboxylic acid groups (broad SMARTS) is 1. The van der Waals surface area contributed by atoms with Gasteiger partial charge in [0.25, 0.3) is 5.91 Å². The minimum atomic E-state index is -1.01. The van der Waals surface area contributed by atoms with Crippen molar-refractivity contribution in [3.05, 3.63) is 29.3 Å². The van der Waals surface area contributed by atoms with Crippen LogP contribution in [-0.2, 0) is 9.59 Å². The van der Waals surface area contributed by atoms with E-state index in [1.54, 1.807) is 24.3 Å². The van der Waals surface area contributed by atoms with Crippen molar-refractivity contribution >= 4 is 23.5 Å². The Balaban J connectivity index is 2.41. The van der Waals surface area contributed by atoms with E-state index in [0.717, 1.165) is 0 Å². The molecular formula is C13H16ClNO4. The highest BCUT2D eigenvalue weighted by Gasteiger charge is 2.27. The normalized spacial score (nSPS) is 10.9. The number of carboxylic acids is 1. The van der Waals surface area contributed by atoms with Crippen LogP contribution in [0.2, 0.25) is 5.02 Å². The van der Waals surface area contributed by atoms with E-state index < -0.39 is 17.3 Å². The second kappa shape index (κ2) is 6.43. The number of hydrogen-bond donors (Lipinski definition) is 2. The lowest BCUT2D eigenvalue weighted by Crippen LogP contribution is -2.40. The first-order valence-corrected chi connectivity index (χ1v) is 6.08. The Labute approximate surface area is 116 Å². The number of para-hydroxylation sites is 1. The molecule has 19 heavy (non-hydrogen) atoms. The number of halogens is 1. The highest BCUT2D eigenvalue weighted by atomic mass is 35.5. The van der Waals surface area contributed by atoms with E-state index >= 15 is 0 Å². The van der Waals surface area contributed by atoms with Crippen LogP contribution in [0.4, 0.5) is 0 Å². The van der Waals surface area contributed by atoms with Crippen LogP contribution < -0.4 is 10.1 Å². The maximum absolute atomic E-state index is 11.5. The van der Waals surface area contributed by atoms with Crippen molar-refractivity contribution in [2.45, 2.75) is 13.8 Å². The molecule has 6 heteroatoms. The van der Waals surface area contributed by atoms with Crippen molar-refractivity contribution in [3.8, 4) is 5.75 Å². The number of amides is 1. The SMILES string of the molecule is CC(C)(CNC(=O)COc1ccccc1Cl)C(=O)O. The predicted molar refractivity (Wildman–Crippen MR) is 71.4 cm³/mol. The number of nitrogens with one attached hydrogen (secondary N) is 1. The fourth-order valence-electron chi connectivity index (χ4n) is 1.15. The van der Waals surface area contributed by atoms with E-state index in [4.69, 9.17) is 21.4 Å². The Hall–Kier alpha value is -1.75. The average Bonchev–Trinajstić information content (AvgIpc) is 2.35. The van der Waals surface area contributed by atoms with Gasteiger partial charge in [0, 0.05) is 6.54 Å². The Kier molecular flexibility index (Phi) is 5.18. The highest BCUT2D eigenvalue weighted by Crippen LogP contribution is 2.22. The third-order valence-corrected chi connectivity index (χ3v) is 2.81. The summed E-state index contributed by atoms with van der Waals surface area (Å²) >= 11 is 5.86. The van der Waals surface area contributed by atoms with E-state index in [2.05, 4.69) is 5.32 Å². The van der Waals surface area contributed by atoms with Crippen LogP contribution in [-0.4, -0.2) is 30.1 Å². The Bertz CT molecular complexity index is 473. The minimum absolute atomic E-state index is 0.0348. The molecule has 5 nitrogen and oxygen atoms in total. The molecule has 1 rings (SSSR count). The largest absolute Gasteiger partial charge is 0.482 e. The molecule has 1 aromatic rings. The van der Waals surface area contributed by atoms with Gasteiger partial charge in [-0.1, -0.05) is 23.7 Å². The number of ether oxygens (including phenoxy) is 1.